The van der Waals surface area contributed by atoms with E-state index in [1.807, 2.05) is 0 Å². The topological polar surface area (TPSA) is 32.5 Å². The molecule has 0 radical (unpaired) electrons. The molecule has 0 bridgehead atoms. The molecule has 0 aromatic rings. The maximum Gasteiger partial charge on any atom is 0.0235 e. The van der Waals surface area contributed by atoms with Crippen LogP contribution in [0.5, 0.6) is 0 Å². The molecule has 2 heterocycles. The SMILES string of the molecule is C#CCCN1CCC(N2CCC(N)CC2)C1. The highest BCUT2D eigenvalue weighted by atomic mass is 15.3. The van der Waals surface area contributed by atoms with Gasteiger partial charge in [-0.1, -0.05) is 0 Å². The summed E-state index contributed by atoms with van der Waals surface area (Å²) in [4.78, 5) is 5.12. The Morgan fingerprint density at radius 1 is 1.19 bits per heavy atom. The van der Waals surface area contributed by atoms with E-state index >= 15 is 0 Å². The monoisotopic (exact) mass is 221 g/mol. The van der Waals surface area contributed by atoms with Crippen LogP contribution in [-0.4, -0.2) is 54.6 Å². The molecular formula is C13H23N3. The van der Waals surface area contributed by atoms with Gasteiger partial charge in [0.2, 0.25) is 0 Å². The summed E-state index contributed by atoms with van der Waals surface area (Å²) in [5.74, 6) is 2.72. The minimum Gasteiger partial charge on any atom is -0.328 e. The van der Waals surface area contributed by atoms with Crippen LogP contribution in [0.4, 0.5) is 0 Å². The van der Waals surface area contributed by atoms with Crippen molar-refractivity contribution in [2.24, 2.45) is 5.73 Å². The van der Waals surface area contributed by atoms with E-state index in [1.165, 1.54) is 45.4 Å². The van der Waals surface area contributed by atoms with Gasteiger partial charge in [-0.05, 0) is 38.9 Å². The second-order valence-electron chi connectivity index (χ2n) is 5.07. The molecule has 1 unspecified atom stereocenters. The van der Waals surface area contributed by atoms with E-state index in [2.05, 4.69) is 15.7 Å². The Hall–Kier alpha value is -0.560. The molecule has 2 fully saturated rings. The van der Waals surface area contributed by atoms with Gasteiger partial charge >= 0.3 is 0 Å². The van der Waals surface area contributed by atoms with Gasteiger partial charge in [-0.3, -0.25) is 4.90 Å². The summed E-state index contributed by atoms with van der Waals surface area (Å²) in [6.45, 7) is 5.87. The highest BCUT2D eigenvalue weighted by Gasteiger charge is 2.29. The quantitative estimate of drug-likeness (QED) is 0.705. The predicted molar refractivity (Wildman–Crippen MR) is 67.1 cm³/mol. The molecule has 2 N–H and O–H groups in total. The van der Waals surface area contributed by atoms with Crippen molar-refractivity contribution in [1.82, 2.24) is 9.80 Å². The third kappa shape index (κ3) is 2.98. The Morgan fingerprint density at radius 3 is 2.62 bits per heavy atom. The lowest BCUT2D eigenvalue weighted by Gasteiger charge is -2.34. The highest BCUT2D eigenvalue weighted by Crippen LogP contribution is 2.19. The molecule has 16 heavy (non-hydrogen) atoms. The van der Waals surface area contributed by atoms with E-state index in [4.69, 9.17) is 12.2 Å². The van der Waals surface area contributed by atoms with E-state index in [1.54, 1.807) is 0 Å². The summed E-state index contributed by atoms with van der Waals surface area (Å²) in [6.07, 6.45) is 9.83. The summed E-state index contributed by atoms with van der Waals surface area (Å²) in [6, 6.07) is 1.19. The van der Waals surface area contributed by atoms with Crippen molar-refractivity contribution in [2.45, 2.75) is 37.8 Å². The van der Waals surface area contributed by atoms with Crippen LogP contribution in [0.15, 0.2) is 0 Å². The fourth-order valence-electron chi connectivity index (χ4n) is 2.82. The van der Waals surface area contributed by atoms with Crippen molar-refractivity contribution in [3.8, 4) is 12.3 Å². The van der Waals surface area contributed by atoms with E-state index in [-0.39, 0.29) is 0 Å². The van der Waals surface area contributed by atoms with E-state index in [0.29, 0.717) is 6.04 Å². The first kappa shape index (κ1) is 11.9. The van der Waals surface area contributed by atoms with Crippen LogP contribution in [0.1, 0.15) is 25.7 Å². The minimum atomic E-state index is 0.440. The van der Waals surface area contributed by atoms with E-state index in [0.717, 1.165) is 19.0 Å². The zero-order chi connectivity index (χ0) is 11.4. The lowest BCUT2D eigenvalue weighted by molar-refractivity contribution is 0.153. The summed E-state index contributed by atoms with van der Waals surface area (Å²) < 4.78 is 0. The van der Waals surface area contributed by atoms with Crippen molar-refractivity contribution < 1.29 is 0 Å². The Balaban J connectivity index is 1.74. The van der Waals surface area contributed by atoms with Crippen LogP contribution in [-0.2, 0) is 0 Å². The summed E-state index contributed by atoms with van der Waals surface area (Å²) in [7, 11) is 0. The van der Waals surface area contributed by atoms with Crippen LogP contribution in [0.2, 0.25) is 0 Å². The van der Waals surface area contributed by atoms with Gasteiger partial charge in [-0.15, -0.1) is 12.3 Å². The molecule has 1 atom stereocenters. The first-order valence-corrected chi connectivity index (χ1v) is 6.45. The Morgan fingerprint density at radius 2 is 1.94 bits per heavy atom. The van der Waals surface area contributed by atoms with Crippen molar-refractivity contribution in [2.75, 3.05) is 32.7 Å². The molecule has 0 aromatic carbocycles. The van der Waals surface area contributed by atoms with Gasteiger partial charge in [0.05, 0.1) is 0 Å². The number of nitrogens with two attached hydrogens (primary N) is 1. The molecule has 2 aliphatic rings. The van der Waals surface area contributed by atoms with E-state index < -0.39 is 0 Å². The van der Waals surface area contributed by atoms with Gasteiger partial charge < -0.3 is 10.6 Å². The second-order valence-corrected chi connectivity index (χ2v) is 5.07. The number of nitrogens with zero attached hydrogens (tertiary/aromatic N) is 2. The Labute approximate surface area is 99.0 Å². The smallest absolute Gasteiger partial charge is 0.0235 e. The number of hydrogen-bond donors (Lipinski definition) is 1. The number of terminal acetylenes is 1. The minimum absolute atomic E-state index is 0.440. The van der Waals surface area contributed by atoms with Crippen LogP contribution in [0, 0.1) is 12.3 Å². The molecular weight excluding hydrogens is 198 g/mol. The van der Waals surface area contributed by atoms with Crippen LogP contribution < -0.4 is 5.73 Å². The largest absolute Gasteiger partial charge is 0.328 e. The maximum absolute atomic E-state index is 5.93. The molecule has 90 valence electrons. The van der Waals surface area contributed by atoms with Crippen LogP contribution in [0.25, 0.3) is 0 Å². The molecule has 0 aliphatic carbocycles. The van der Waals surface area contributed by atoms with Gasteiger partial charge in [0.25, 0.3) is 0 Å². The number of likely N-dealkylation sites (tertiary alicyclic amines) is 2. The van der Waals surface area contributed by atoms with Gasteiger partial charge in [0.1, 0.15) is 0 Å². The second kappa shape index (κ2) is 5.67. The molecule has 0 saturated carbocycles. The molecule has 2 saturated heterocycles. The Kier molecular flexibility index (Phi) is 4.22. The molecule has 3 nitrogen and oxygen atoms in total. The lowest BCUT2D eigenvalue weighted by Crippen LogP contribution is -2.46. The zero-order valence-corrected chi connectivity index (χ0v) is 10.1. The predicted octanol–water partition coefficient (Wildman–Crippen LogP) is 0.507. The van der Waals surface area contributed by atoms with Crippen molar-refractivity contribution in [1.29, 1.82) is 0 Å². The van der Waals surface area contributed by atoms with Crippen molar-refractivity contribution in [3.05, 3.63) is 0 Å². The summed E-state index contributed by atoms with van der Waals surface area (Å²) >= 11 is 0. The van der Waals surface area contributed by atoms with Gasteiger partial charge in [0, 0.05) is 31.6 Å². The molecule has 0 amide bonds. The first-order chi connectivity index (χ1) is 7.79. The fraction of sp³-hybridized carbons (Fsp3) is 0.846. The van der Waals surface area contributed by atoms with Gasteiger partial charge in [-0.2, -0.15) is 0 Å². The number of hydrogen-bond acceptors (Lipinski definition) is 3. The van der Waals surface area contributed by atoms with E-state index in [9.17, 15) is 0 Å². The zero-order valence-electron chi connectivity index (χ0n) is 10.1. The van der Waals surface area contributed by atoms with Gasteiger partial charge in [-0.25, -0.2) is 0 Å². The molecule has 2 aliphatic heterocycles. The third-order valence-corrected chi connectivity index (χ3v) is 3.91. The maximum atomic E-state index is 5.93. The summed E-state index contributed by atoms with van der Waals surface area (Å²) in [5, 5.41) is 0. The van der Waals surface area contributed by atoms with Crippen LogP contribution >= 0.6 is 0 Å². The number of piperidine rings is 1. The summed E-state index contributed by atoms with van der Waals surface area (Å²) in [5.41, 5.74) is 5.93. The average molecular weight is 221 g/mol. The third-order valence-electron chi connectivity index (χ3n) is 3.91. The first-order valence-electron chi connectivity index (χ1n) is 6.45. The Bertz CT molecular complexity index is 250. The lowest BCUT2D eigenvalue weighted by atomic mass is 10.0. The molecule has 2 rings (SSSR count). The normalized spacial score (nSPS) is 29.4. The molecule has 0 spiro atoms. The van der Waals surface area contributed by atoms with Crippen molar-refractivity contribution >= 4 is 0 Å². The average Bonchev–Trinajstić information content (AvgIpc) is 2.76. The molecule has 0 aromatic heterocycles. The van der Waals surface area contributed by atoms with Crippen molar-refractivity contribution in [3.63, 3.8) is 0 Å². The number of rotatable bonds is 3. The highest BCUT2D eigenvalue weighted by molar-refractivity contribution is 4.90. The standard InChI is InChI=1S/C13H23N3/c1-2-3-7-15-8-6-13(11-15)16-9-4-12(14)5-10-16/h1,12-13H,3-11,14H2. The molecule has 3 heteroatoms. The van der Waals surface area contributed by atoms with Crippen LogP contribution in [0.3, 0.4) is 0 Å². The fourth-order valence-corrected chi connectivity index (χ4v) is 2.82. The van der Waals surface area contributed by atoms with Gasteiger partial charge in [0.15, 0.2) is 0 Å².